The maximum atomic E-state index is 12.1. The molecule has 1 atom stereocenters. The predicted molar refractivity (Wildman–Crippen MR) is 78.8 cm³/mol. The van der Waals surface area contributed by atoms with Crippen LogP contribution in [0.4, 0.5) is 5.69 Å². The van der Waals surface area contributed by atoms with Crippen molar-refractivity contribution in [3.63, 3.8) is 0 Å². The van der Waals surface area contributed by atoms with Gasteiger partial charge in [0.15, 0.2) is 0 Å². The van der Waals surface area contributed by atoms with Crippen molar-refractivity contribution in [2.45, 2.75) is 19.8 Å². The Balaban J connectivity index is 1.49. The Bertz CT molecular complexity index is 464. The van der Waals surface area contributed by atoms with Gasteiger partial charge in [-0.2, -0.15) is 0 Å². The van der Waals surface area contributed by atoms with E-state index in [1.807, 2.05) is 31.2 Å². The zero-order valence-corrected chi connectivity index (χ0v) is 11.9. The van der Waals surface area contributed by atoms with Gasteiger partial charge in [0.1, 0.15) is 5.75 Å². The van der Waals surface area contributed by atoms with Crippen molar-refractivity contribution >= 4 is 11.6 Å². The van der Waals surface area contributed by atoms with E-state index in [4.69, 9.17) is 4.74 Å². The Labute approximate surface area is 119 Å². The summed E-state index contributed by atoms with van der Waals surface area (Å²) in [4.78, 5) is 12.1. The Kier molecular flexibility index (Phi) is 3.92. The van der Waals surface area contributed by atoms with E-state index in [9.17, 15) is 4.79 Å². The summed E-state index contributed by atoms with van der Waals surface area (Å²) in [6.45, 7) is 4.70. The van der Waals surface area contributed by atoms with E-state index in [0.29, 0.717) is 5.92 Å². The van der Waals surface area contributed by atoms with Gasteiger partial charge in [-0.25, -0.2) is 0 Å². The number of amides is 1. The molecular formula is C16H22N2O2. The number of benzene rings is 1. The van der Waals surface area contributed by atoms with Crippen LogP contribution in [0.5, 0.6) is 5.75 Å². The summed E-state index contributed by atoms with van der Waals surface area (Å²) in [5.74, 6) is 2.26. The number of ether oxygens (including phenoxy) is 1. The molecule has 1 amide bonds. The number of hydrogen-bond acceptors (Lipinski definition) is 3. The Morgan fingerprint density at radius 1 is 1.35 bits per heavy atom. The minimum Gasteiger partial charge on any atom is -0.493 e. The van der Waals surface area contributed by atoms with E-state index in [1.165, 1.54) is 12.8 Å². The van der Waals surface area contributed by atoms with Crippen molar-refractivity contribution in [1.82, 2.24) is 5.32 Å². The summed E-state index contributed by atoms with van der Waals surface area (Å²) < 4.78 is 5.68. The lowest BCUT2D eigenvalue weighted by molar-refractivity contribution is -0.121. The topological polar surface area (TPSA) is 50.4 Å². The maximum absolute atomic E-state index is 12.1. The normalized spacial score (nSPS) is 20.1. The molecule has 20 heavy (non-hydrogen) atoms. The highest BCUT2D eigenvalue weighted by Gasteiger charge is 2.28. The molecule has 1 unspecified atom stereocenters. The van der Waals surface area contributed by atoms with Crippen molar-refractivity contribution in [2.24, 2.45) is 17.8 Å². The first-order valence-corrected chi connectivity index (χ1v) is 7.47. The fourth-order valence-electron chi connectivity index (χ4n) is 2.27. The molecule has 1 aliphatic heterocycles. The molecule has 1 saturated heterocycles. The van der Waals surface area contributed by atoms with Crippen LogP contribution in [0.1, 0.15) is 19.8 Å². The van der Waals surface area contributed by atoms with Crippen molar-refractivity contribution in [2.75, 3.05) is 25.0 Å². The molecule has 1 aliphatic carbocycles. The summed E-state index contributed by atoms with van der Waals surface area (Å²) in [5, 5.41) is 6.17. The third-order valence-corrected chi connectivity index (χ3v) is 4.24. The molecular weight excluding hydrogens is 252 g/mol. The van der Waals surface area contributed by atoms with Crippen LogP contribution >= 0.6 is 0 Å². The highest BCUT2D eigenvalue weighted by molar-refractivity contribution is 5.92. The molecule has 0 radical (unpaired) electrons. The van der Waals surface area contributed by atoms with Gasteiger partial charge in [0, 0.05) is 11.6 Å². The van der Waals surface area contributed by atoms with Gasteiger partial charge in [-0.15, -0.1) is 0 Å². The van der Waals surface area contributed by atoms with Crippen molar-refractivity contribution < 1.29 is 9.53 Å². The zero-order valence-electron chi connectivity index (χ0n) is 11.9. The molecule has 2 aliphatic rings. The van der Waals surface area contributed by atoms with Gasteiger partial charge in [0.2, 0.25) is 5.91 Å². The van der Waals surface area contributed by atoms with Gasteiger partial charge in [0.05, 0.1) is 6.61 Å². The molecule has 1 saturated carbocycles. The highest BCUT2D eigenvalue weighted by Crippen LogP contribution is 2.29. The summed E-state index contributed by atoms with van der Waals surface area (Å²) in [6, 6.07) is 7.67. The second kappa shape index (κ2) is 5.83. The van der Waals surface area contributed by atoms with E-state index in [1.54, 1.807) is 0 Å². The number of carbonyl (C=O) groups excluding carboxylic acids is 1. The first kappa shape index (κ1) is 13.4. The van der Waals surface area contributed by atoms with E-state index in [0.717, 1.165) is 37.1 Å². The van der Waals surface area contributed by atoms with Gasteiger partial charge in [-0.05, 0) is 62.0 Å². The van der Waals surface area contributed by atoms with Crippen LogP contribution in [0, 0.1) is 17.8 Å². The van der Waals surface area contributed by atoms with Crippen LogP contribution in [0.15, 0.2) is 24.3 Å². The number of hydrogen-bond donors (Lipinski definition) is 2. The maximum Gasteiger partial charge on any atom is 0.227 e. The zero-order chi connectivity index (χ0) is 13.9. The largest absolute Gasteiger partial charge is 0.493 e. The van der Waals surface area contributed by atoms with Gasteiger partial charge in [-0.1, -0.05) is 6.92 Å². The quantitative estimate of drug-likeness (QED) is 0.836. The summed E-state index contributed by atoms with van der Waals surface area (Å²) >= 11 is 0. The second-order valence-corrected chi connectivity index (χ2v) is 5.98. The van der Waals surface area contributed by atoms with Gasteiger partial charge in [0.25, 0.3) is 0 Å². The summed E-state index contributed by atoms with van der Waals surface area (Å²) in [7, 11) is 0. The first-order valence-electron chi connectivity index (χ1n) is 7.47. The van der Waals surface area contributed by atoms with Crippen LogP contribution in [0.25, 0.3) is 0 Å². The van der Waals surface area contributed by atoms with Crippen LogP contribution in [0.2, 0.25) is 0 Å². The lowest BCUT2D eigenvalue weighted by atomic mass is 9.88. The lowest BCUT2D eigenvalue weighted by Crippen LogP contribution is -2.48. The number of nitrogens with one attached hydrogen (secondary N) is 2. The third-order valence-electron chi connectivity index (χ3n) is 4.24. The van der Waals surface area contributed by atoms with E-state index in [2.05, 4.69) is 10.6 Å². The molecule has 1 heterocycles. The molecule has 0 spiro atoms. The Morgan fingerprint density at radius 3 is 2.60 bits per heavy atom. The molecule has 0 aromatic heterocycles. The standard InChI is InChI=1S/C16H22N2O2/c1-11(13-8-17-9-13)16(19)18-14-4-6-15(7-5-14)20-10-12-2-3-12/h4-7,11-13,17H,2-3,8-10H2,1H3,(H,18,19). The predicted octanol–water partition coefficient (Wildman–Crippen LogP) is 2.27. The Morgan fingerprint density at radius 2 is 2.05 bits per heavy atom. The van der Waals surface area contributed by atoms with Crippen molar-refractivity contribution in [1.29, 1.82) is 0 Å². The lowest BCUT2D eigenvalue weighted by Gasteiger charge is -2.31. The summed E-state index contributed by atoms with van der Waals surface area (Å²) in [6.07, 6.45) is 2.59. The fourth-order valence-corrected chi connectivity index (χ4v) is 2.27. The highest BCUT2D eigenvalue weighted by atomic mass is 16.5. The average Bonchev–Trinajstić information content (AvgIpc) is 3.20. The van der Waals surface area contributed by atoms with Crippen LogP contribution in [-0.4, -0.2) is 25.6 Å². The number of rotatable bonds is 6. The number of anilines is 1. The monoisotopic (exact) mass is 274 g/mol. The van der Waals surface area contributed by atoms with Crippen LogP contribution < -0.4 is 15.4 Å². The van der Waals surface area contributed by atoms with Crippen molar-refractivity contribution in [3.8, 4) is 5.75 Å². The van der Waals surface area contributed by atoms with Gasteiger partial charge >= 0.3 is 0 Å². The molecule has 2 N–H and O–H groups in total. The SMILES string of the molecule is CC(C(=O)Nc1ccc(OCC2CC2)cc1)C1CNC1. The number of carbonyl (C=O) groups is 1. The van der Waals surface area contributed by atoms with E-state index >= 15 is 0 Å². The first-order chi connectivity index (χ1) is 9.72. The van der Waals surface area contributed by atoms with E-state index in [-0.39, 0.29) is 11.8 Å². The smallest absolute Gasteiger partial charge is 0.227 e. The van der Waals surface area contributed by atoms with Gasteiger partial charge in [-0.3, -0.25) is 4.79 Å². The minimum absolute atomic E-state index is 0.0574. The van der Waals surface area contributed by atoms with Crippen LogP contribution in [0.3, 0.4) is 0 Å². The molecule has 3 rings (SSSR count). The summed E-state index contributed by atoms with van der Waals surface area (Å²) in [5.41, 5.74) is 0.841. The van der Waals surface area contributed by atoms with Gasteiger partial charge < -0.3 is 15.4 Å². The van der Waals surface area contributed by atoms with Crippen molar-refractivity contribution in [3.05, 3.63) is 24.3 Å². The second-order valence-electron chi connectivity index (χ2n) is 5.98. The molecule has 1 aromatic carbocycles. The molecule has 1 aromatic rings. The fraction of sp³-hybridized carbons (Fsp3) is 0.562. The molecule has 0 bridgehead atoms. The average molecular weight is 274 g/mol. The molecule has 4 nitrogen and oxygen atoms in total. The van der Waals surface area contributed by atoms with E-state index < -0.39 is 0 Å². The Hall–Kier alpha value is -1.55. The molecule has 4 heteroatoms. The molecule has 2 fully saturated rings. The third kappa shape index (κ3) is 3.31. The molecule has 108 valence electrons. The van der Waals surface area contributed by atoms with Crippen LogP contribution in [-0.2, 0) is 4.79 Å². The minimum atomic E-state index is 0.0574.